The van der Waals surface area contributed by atoms with E-state index in [0.29, 0.717) is 10.8 Å². The first kappa shape index (κ1) is 15.9. The molecule has 0 aromatic heterocycles. The largest absolute Gasteiger partial charge is 0.484 e. The van der Waals surface area contributed by atoms with Crippen LogP contribution in [0.5, 0.6) is 5.75 Å². The van der Waals surface area contributed by atoms with Gasteiger partial charge in [-0.3, -0.25) is 4.79 Å². The van der Waals surface area contributed by atoms with Crippen LogP contribution in [-0.2, 0) is 4.79 Å². The van der Waals surface area contributed by atoms with Gasteiger partial charge in [-0.15, -0.1) is 0 Å². The van der Waals surface area contributed by atoms with Gasteiger partial charge in [-0.25, -0.2) is 0 Å². The fourth-order valence-corrected chi connectivity index (χ4v) is 2.43. The molecule has 1 atom stereocenters. The summed E-state index contributed by atoms with van der Waals surface area (Å²) in [7, 11) is 0. The van der Waals surface area contributed by atoms with E-state index in [1.165, 1.54) is 0 Å². The second-order valence-electron chi connectivity index (χ2n) is 4.50. The van der Waals surface area contributed by atoms with Crippen molar-refractivity contribution in [3.8, 4) is 5.75 Å². The lowest BCUT2D eigenvalue weighted by Gasteiger charge is -2.13. The summed E-state index contributed by atoms with van der Waals surface area (Å²) in [5, 5.41) is 3.43. The SMILES string of the molecule is CC(Br)c1ccccc1NC(=O)COc1cccc(Cl)c1. The molecule has 0 spiro atoms. The fraction of sp³-hybridized carbons (Fsp3) is 0.188. The number of benzene rings is 2. The number of hydrogen-bond donors (Lipinski definition) is 1. The Labute approximate surface area is 137 Å². The average molecular weight is 369 g/mol. The number of carbonyl (C=O) groups is 1. The highest BCUT2D eigenvalue weighted by Gasteiger charge is 2.10. The Morgan fingerprint density at radius 2 is 2.05 bits per heavy atom. The molecular formula is C16H15BrClNO2. The first-order valence-electron chi connectivity index (χ1n) is 6.47. The maximum atomic E-state index is 12.0. The molecule has 1 amide bonds. The molecule has 110 valence electrons. The van der Waals surface area contributed by atoms with Crippen molar-refractivity contribution in [3.63, 3.8) is 0 Å². The summed E-state index contributed by atoms with van der Waals surface area (Å²) < 4.78 is 5.41. The average Bonchev–Trinajstić information content (AvgIpc) is 2.45. The van der Waals surface area contributed by atoms with E-state index in [4.69, 9.17) is 16.3 Å². The van der Waals surface area contributed by atoms with E-state index < -0.39 is 0 Å². The monoisotopic (exact) mass is 367 g/mol. The quantitative estimate of drug-likeness (QED) is 0.769. The molecule has 0 heterocycles. The van der Waals surface area contributed by atoms with Crippen LogP contribution in [0.15, 0.2) is 48.5 Å². The lowest BCUT2D eigenvalue weighted by Crippen LogP contribution is -2.21. The van der Waals surface area contributed by atoms with Gasteiger partial charge in [0, 0.05) is 15.5 Å². The predicted molar refractivity (Wildman–Crippen MR) is 89.4 cm³/mol. The molecular weight excluding hydrogens is 354 g/mol. The van der Waals surface area contributed by atoms with Gasteiger partial charge in [0.1, 0.15) is 5.75 Å². The Hall–Kier alpha value is -1.52. The normalized spacial score (nSPS) is 11.8. The molecule has 21 heavy (non-hydrogen) atoms. The third kappa shape index (κ3) is 4.76. The van der Waals surface area contributed by atoms with Crippen LogP contribution in [-0.4, -0.2) is 12.5 Å². The molecule has 1 unspecified atom stereocenters. The summed E-state index contributed by atoms with van der Waals surface area (Å²) in [6, 6.07) is 14.6. The Bertz CT molecular complexity index is 631. The third-order valence-electron chi connectivity index (χ3n) is 2.83. The summed E-state index contributed by atoms with van der Waals surface area (Å²) in [5.74, 6) is 0.357. The number of alkyl halides is 1. The molecule has 2 aromatic carbocycles. The van der Waals surface area contributed by atoms with Crippen molar-refractivity contribution in [2.24, 2.45) is 0 Å². The van der Waals surface area contributed by atoms with Crippen molar-refractivity contribution in [1.29, 1.82) is 0 Å². The van der Waals surface area contributed by atoms with Crippen molar-refractivity contribution in [2.75, 3.05) is 11.9 Å². The number of para-hydroxylation sites is 1. The van der Waals surface area contributed by atoms with E-state index in [1.54, 1.807) is 24.3 Å². The van der Waals surface area contributed by atoms with Crippen molar-refractivity contribution in [2.45, 2.75) is 11.8 Å². The van der Waals surface area contributed by atoms with Crippen LogP contribution in [0.2, 0.25) is 5.02 Å². The summed E-state index contributed by atoms with van der Waals surface area (Å²) in [6.07, 6.45) is 0. The first-order valence-corrected chi connectivity index (χ1v) is 7.77. The lowest BCUT2D eigenvalue weighted by molar-refractivity contribution is -0.118. The molecule has 0 saturated heterocycles. The molecule has 0 fully saturated rings. The summed E-state index contributed by atoms with van der Waals surface area (Å²) in [6.45, 7) is 1.94. The van der Waals surface area contributed by atoms with E-state index in [-0.39, 0.29) is 17.3 Å². The first-order chi connectivity index (χ1) is 10.1. The molecule has 3 nitrogen and oxygen atoms in total. The number of nitrogens with one attached hydrogen (secondary N) is 1. The number of anilines is 1. The van der Waals surface area contributed by atoms with Crippen molar-refractivity contribution >= 4 is 39.1 Å². The lowest BCUT2D eigenvalue weighted by atomic mass is 10.1. The molecule has 5 heteroatoms. The Morgan fingerprint density at radius 3 is 2.76 bits per heavy atom. The zero-order valence-electron chi connectivity index (χ0n) is 11.5. The smallest absolute Gasteiger partial charge is 0.262 e. The van der Waals surface area contributed by atoms with Gasteiger partial charge in [0.2, 0.25) is 0 Å². The van der Waals surface area contributed by atoms with Crippen LogP contribution in [0.4, 0.5) is 5.69 Å². The van der Waals surface area contributed by atoms with Gasteiger partial charge in [0.25, 0.3) is 5.91 Å². The minimum atomic E-state index is -0.212. The highest BCUT2D eigenvalue weighted by Crippen LogP contribution is 2.28. The molecule has 0 aliphatic rings. The van der Waals surface area contributed by atoms with Gasteiger partial charge in [-0.05, 0) is 36.8 Å². The number of halogens is 2. The van der Waals surface area contributed by atoms with Crippen LogP contribution in [0.25, 0.3) is 0 Å². The van der Waals surface area contributed by atoms with E-state index in [1.807, 2.05) is 31.2 Å². The minimum Gasteiger partial charge on any atom is -0.484 e. The van der Waals surface area contributed by atoms with Crippen LogP contribution >= 0.6 is 27.5 Å². The highest BCUT2D eigenvalue weighted by molar-refractivity contribution is 9.09. The zero-order valence-corrected chi connectivity index (χ0v) is 13.8. The second kappa shape index (κ2) is 7.48. The number of ether oxygens (including phenoxy) is 1. The predicted octanol–water partition coefficient (Wildman–Crippen LogP) is 4.81. The Balaban J connectivity index is 1.96. The van der Waals surface area contributed by atoms with E-state index in [2.05, 4.69) is 21.2 Å². The van der Waals surface area contributed by atoms with Crippen molar-refractivity contribution in [3.05, 3.63) is 59.1 Å². The standard InChI is InChI=1S/C16H15BrClNO2/c1-11(17)14-7-2-3-8-15(14)19-16(20)10-21-13-6-4-5-12(18)9-13/h2-9,11H,10H2,1H3,(H,19,20). The van der Waals surface area contributed by atoms with Crippen LogP contribution in [0.1, 0.15) is 17.3 Å². The van der Waals surface area contributed by atoms with Crippen molar-refractivity contribution in [1.82, 2.24) is 0 Å². The minimum absolute atomic E-state index is 0.0641. The van der Waals surface area contributed by atoms with Gasteiger partial charge in [0.05, 0.1) is 0 Å². The van der Waals surface area contributed by atoms with Crippen LogP contribution in [0.3, 0.4) is 0 Å². The maximum absolute atomic E-state index is 12.0. The summed E-state index contributed by atoms with van der Waals surface area (Å²) in [5.41, 5.74) is 1.80. The Morgan fingerprint density at radius 1 is 1.29 bits per heavy atom. The van der Waals surface area contributed by atoms with Gasteiger partial charge >= 0.3 is 0 Å². The number of amides is 1. The molecule has 0 aliphatic carbocycles. The Kier molecular flexibility index (Phi) is 5.65. The number of rotatable bonds is 5. The zero-order chi connectivity index (χ0) is 15.2. The third-order valence-corrected chi connectivity index (χ3v) is 3.56. The number of carbonyl (C=O) groups excluding carboxylic acids is 1. The highest BCUT2D eigenvalue weighted by atomic mass is 79.9. The van der Waals surface area contributed by atoms with Crippen molar-refractivity contribution < 1.29 is 9.53 Å². The van der Waals surface area contributed by atoms with Gasteiger partial charge in [0.15, 0.2) is 6.61 Å². The molecule has 0 bridgehead atoms. The second-order valence-corrected chi connectivity index (χ2v) is 6.31. The van der Waals surface area contributed by atoms with Gasteiger partial charge < -0.3 is 10.1 Å². The van der Waals surface area contributed by atoms with E-state index >= 15 is 0 Å². The fourth-order valence-electron chi connectivity index (χ4n) is 1.85. The number of hydrogen-bond acceptors (Lipinski definition) is 2. The summed E-state index contributed by atoms with van der Waals surface area (Å²) >= 11 is 9.37. The molecule has 2 aromatic rings. The summed E-state index contributed by atoms with van der Waals surface area (Å²) in [4.78, 5) is 12.1. The molecule has 0 saturated carbocycles. The van der Waals surface area contributed by atoms with Gasteiger partial charge in [-0.2, -0.15) is 0 Å². The molecule has 0 radical (unpaired) electrons. The van der Waals surface area contributed by atoms with Crippen LogP contribution < -0.4 is 10.1 Å². The topological polar surface area (TPSA) is 38.3 Å². The maximum Gasteiger partial charge on any atom is 0.262 e. The molecule has 0 aliphatic heterocycles. The molecule has 2 rings (SSSR count). The van der Waals surface area contributed by atoms with Gasteiger partial charge in [-0.1, -0.05) is 51.8 Å². The van der Waals surface area contributed by atoms with E-state index in [0.717, 1.165) is 11.3 Å². The van der Waals surface area contributed by atoms with Crippen LogP contribution in [0, 0.1) is 0 Å². The molecule has 1 N–H and O–H groups in total. The van der Waals surface area contributed by atoms with E-state index in [9.17, 15) is 4.79 Å².